The molecule has 2 aromatic heterocycles. The van der Waals surface area contributed by atoms with Gasteiger partial charge in [0.15, 0.2) is 0 Å². The van der Waals surface area contributed by atoms with Crippen LogP contribution in [0.2, 0.25) is 0 Å². The van der Waals surface area contributed by atoms with Gasteiger partial charge in [0.25, 0.3) is 5.95 Å². The number of aryl methyl sites for hydroxylation is 2. The van der Waals surface area contributed by atoms with Gasteiger partial charge in [-0.1, -0.05) is 42.0 Å². The van der Waals surface area contributed by atoms with Gasteiger partial charge < -0.3 is 10.4 Å². The number of fused-ring (bicyclic) bond motifs is 1. The summed E-state index contributed by atoms with van der Waals surface area (Å²) in [4.78, 5) is 28.4. The molecule has 9 nitrogen and oxygen atoms in total. The number of carbonyl (C=O) groups excluding carboxylic acids is 1. The molecule has 0 aliphatic carbocycles. The molecule has 0 saturated carbocycles. The Bertz CT molecular complexity index is 1380. The summed E-state index contributed by atoms with van der Waals surface area (Å²) in [6.07, 6.45) is 1.82. The number of nitrogens with zero attached hydrogens (tertiary/aromatic N) is 5. The Labute approximate surface area is 189 Å². The lowest BCUT2D eigenvalue weighted by atomic mass is 9.85. The topological polar surface area (TPSA) is 123 Å². The molecule has 5 rings (SSSR count). The van der Waals surface area contributed by atoms with Gasteiger partial charge in [-0.15, -0.1) is 5.10 Å². The first-order valence-corrected chi connectivity index (χ1v) is 10.4. The molecule has 3 heterocycles. The maximum Gasteiger partial charge on any atom is 0.335 e. The van der Waals surface area contributed by atoms with Crippen LogP contribution in [0, 0.1) is 13.8 Å². The fraction of sp³-hybridized carbons (Fsp3) is 0.167. The highest BCUT2D eigenvalue weighted by atomic mass is 16.4. The molecule has 4 aromatic rings. The van der Waals surface area contributed by atoms with E-state index in [1.54, 1.807) is 30.5 Å². The van der Waals surface area contributed by atoms with Crippen LogP contribution >= 0.6 is 0 Å². The van der Waals surface area contributed by atoms with Gasteiger partial charge in [-0.3, -0.25) is 4.79 Å². The van der Waals surface area contributed by atoms with Crippen LogP contribution in [0.3, 0.4) is 0 Å². The van der Waals surface area contributed by atoms with E-state index in [-0.39, 0.29) is 29.8 Å². The largest absolute Gasteiger partial charge is 0.478 e. The number of hydrogen-bond acceptors (Lipinski definition) is 6. The standard InChI is InChI=1S/C24H20N6O3/c1-13-3-5-16(6-4-13)19-12-25-28-24(26-19)30-22-21(14(2)29-30)18(11-20(31)27-22)15-7-9-17(10-8-15)23(32)33/h3-10,12,18H,11H2,1-2H3,(H,27,31)(H,32,33). The predicted molar refractivity (Wildman–Crippen MR) is 120 cm³/mol. The summed E-state index contributed by atoms with van der Waals surface area (Å²) in [5, 5.41) is 24.9. The molecule has 1 aliphatic heterocycles. The molecule has 1 atom stereocenters. The Morgan fingerprint density at radius 2 is 1.82 bits per heavy atom. The van der Waals surface area contributed by atoms with Crippen LogP contribution in [0.1, 0.15) is 45.1 Å². The third-order valence-corrected chi connectivity index (χ3v) is 5.75. The summed E-state index contributed by atoms with van der Waals surface area (Å²) in [7, 11) is 0. The maximum absolute atomic E-state index is 12.6. The third kappa shape index (κ3) is 3.73. The zero-order chi connectivity index (χ0) is 23.1. The van der Waals surface area contributed by atoms with E-state index in [2.05, 4.69) is 25.6 Å². The van der Waals surface area contributed by atoms with Gasteiger partial charge in [0.2, 0.25) is 5.91 Å². The lowest BCUT2D eigenvalue weighted by Crippen LogP contribution is -2.25. The van der Waals surface area contributed by atoms with Crippen LogP contribution in [-0.2, 0) is 4.79 Å². The fourth-order valence-corrected chi connectivity index (χ4v) is 4.08. The smallest absolute Gasteiger partial charge is 0.335 e. The van der Waals surface area contributed by atoms with Crippen molar-refractivity contribution in [2.24, 2.45) is 0 Å². The summed E-state index contributed by atoms with van der Waals surface area (Å²) >= 11 is 0. The predicted octanol–water partition coefficient (Wildman–Crippen LogP) is 3.51. The van der Waals surface area contributed by atoms with Crippen LogP contribution in [-0.4, -0.2) is 41.9 Å². The number of rotatable bonds is 4. The number of amides is 1. The number of hydrogen-bond donors (Lipinski definition) is 2. The van der Waals surface area contributed by atoms with Gasteiger partial charge in [-0.25, -0.2) is 9.78 Å². The van der Waals surface area contributed by atoms with Crippen LogP contribution in [0.4, 0.5) is 5.82 Å². The molecule has 2 N–H and O–H groups in total. The number of anilines is 1. The molecule has 0 fully saturated rings. The van der Waals surface area contributed by atoms with Crippen molar-refractivity contribution in [3.05, 3.63) is 82.7 Å². The molecular weight excluding hydrogens is 420 g/mol. The Hall–Kier alpha value is -4.40. The second-order valence-electron chi connectivity index (χ2n) is 8.00. The second-order valence-corrected chi connectivity index (χ2v) is 8.00. The molecule has 33 heavy (non-hydrogen) atoms. The van der Waals surface area contributed by atoms with Crippen LogP contribution in [0.5, 0.6) is 0 Å². The monoisotopic (exact) mass is 440 g/mol. The molecule has 0 radical (unpaired) electrons. The second kappa shape index (κ2) is 7.94. The SMILES string of the molecule is Cc1ccc(-c2cnnc(-n3nc(C)c4c3NC(=O)CC4c3ccc(C(=O)O)cc3)n2)cc1. The summed E-state index contributed by atoms with van der Waals surface area (Å²) in [6, 6.07) is 14.5. The summed E-state index contributed by atoms with van der Waals surface area (Å²) in [5.74, 6) is -0.679. The molecule has 1 aliphatic rings. The van der Waals surface area contributed by atoms with Gasteiger partial charge in [0.1, 0.15) is 5.82 Å². The highest BCUT2D eigenvalue weighted by molar-refractivity contribution is 5.95. The van der Waals surface area contributed by atoms with E-state index in [1.807, 2.05) is 38.1 Å². The summed E-state index contributed by atoms with van der Waals surface area (Å²) in [6.45, 7) is 3.88. The van der Waals surface area contributed by atoms with E-state index in [1.165, 1.54) is 4.68 Å². The molecule has 0 bridgehead atoms. The summed E-state index contributed by atoms with van der Waals surface area (Å²) in [5.41, 5.74) is 5.29. The Balaban J connectivity index is 1.58. The van der Waals surface area contributed by atoms with Crippen molar-refractivity contribution in [2.75, 3.05) is 5.32 Å². The summed E-state index contributed by atoms with van der Waals surface area (Å²) < 4.78 is 1.50. The van der Waals surface area contributed by atoms with Crippen molar-refractivity contribution in [3.8, 4) is 17.2 Å². The number of carboxylic acid groups (broad SMARTS) is 1. The molecule has 0 spiro atoms. The Morgan fingerprint density at radius 3 is 2.52 bits per heavy atom. The highest BCUT2D eigenvalue weighted by Gasteiger charge is 2.33. The van der Waals surface area contributed by atoms with Crippen molar-refractivity contribution in [1.29, 1.82) is 0 Å². The third-order valence-electron chi connectivity index (χ3n) is 5.75. The van der Waals surface area contributed by atoms with Crippen LogP contribution in [0.25, 0.3) is 17.2 Å². The molecule has 9 heteroatoms. The molecule has 164 valence electrons. The van der Waals surface area contributed by atoms with Crippen molar-refractivity contribution < 1.29 is 14.7 Å². The fourth-order valence-electron chi connectivity index (χ4n) is 4.08. The zero-order valence-corrected chi connectivity index (χ0v) is 18.0. The maximum atomic E-state index is 12.6. The molecule has 0 saturated heterocycles. The van der Waals surface area contributed by atoms with Gasteiger partial charge >= 0.3 is 5.97 Å². The van der Waals surface area contributed by atoms with Crippen molar-refractivity contribution in [1.82, 2.24) is 25.0 Å². The Kier molecular flexibility index (Phi) is 4.93. The van der Waals surface area contributed by atoms with E-state index in [4.69, 9.17) is 0 Å². The first-order chi connectivity index (χ1) is 15.9. The number of nitrogens with one attached hydrogen (secondary N) is 1. The normalized spacial score (nSPS) is 15.1. The van der Waals surface area contributed by atoms with Gasteiger partial charge in [-0.05, 0) is 31.5 Å². The zero-order valence-electron chi connectivity index (χ0n) is 18.0. The molecule has 2 aromatic carbocycles. The Morgan fingerprint density at radius 1 is 1.09 bits per heavy atom. The van der Waals surface area contributed by atoms with E-state index < -0.39 is 5.97 Å². The van der Waals surface area contributed by atoms with E-state index in [9.17, 15) is 14.7 Å². The van der Waals surface area contributed by atoms with E-state index in [0.29, 0.717) is 11.5 Å². The van der Waals surface area contributed by atoms with Gasteiger partial charge in [0.05, 0.1) is 23.1 Å². The number of aromatic carboxylic acids is 1. The number of carboxylic acids is 1. The first-order valence-electron chi connectivity index (χ1n) is 10.4. The lowest BCUT2D eigenvalue weighted by Gasteiger charge is -2.24. The molecular formula is C24H20N6O3. The highest BCUT2D eigenvalue weighted by Crippen LogP contribution is 2.40. The van der Waals surface area contributed by atoms with E-state index >= 15 is 0 Å². The molecule has 1 amide bonds. The van der Waals surface area contributed by atoms with Crippen LogP contribution < -0.4 is 5.32 Å². The van der Waals surface area contributed by atoms with Crippen molar-refractivity contribution in [3.63, 3.8) is 0 Å². The first kappa shape index (κ1) is 20.5. The van der Waals surface area contributed by atoms with Gasteiger partial charge in [-0.2, -0.15) is 14.9 Å². The minimum absolute atomic E-state index is 0.168. The number of carbonyl (C=O) groups is 2. The minimum Gasteiger partial charge on any atom is -0.478 e. The molecule has 1 unspecified atom stereocenters. The average Bonchev–Trinajstić information content (AvgIpc) is 3.15. The number of aromatic nitrogens is 5. The van der Waals surface area contributed by atoms with Crippen LogP contribution in [0.15, 0.2) is 54.7 Å². The van der Waals surface area contributed by atoms with Crippen molar-refractivity contribution >= 4 is 17.7 Å². The van der Waals surface area contributed by atoms with Gasteiger partial charge in [0, 0.05) is 23.5 Å². The van der Waals surface area contributed by atoms with E-state index in [0.717, 1.165) is 27.9 Å². The minimum atomic E-state index is -0.995. The lowest BCUT2D eigenvalue weighted by molar-refractivity contribution is -0.116. The average molecular weight is 440 g/mol. The quantitative estimate of drug-likeness (QED) is 0.498. The number of benzene rings is 2. The van der Waals surface area contributed by atoms with Crippen molar-refractivity contribution in [2.45, 2.75) is 26.2 Å².